The minimum Gasteiger partial charge on any atom is -0.451 e. The van der Waals surface area contributed by atoms with Gasteiger partial charge in [0.15, 0.2) is 11.9 Å². The first-order valence-corrected chi connectivity index (χ1v) is 6.14. The van der Waals surface area contributed by atoms with Crippen molar-refractivity contribution in [1.82, 2.24) is 0 Å². The summed E-state index contributed by atoms with van der Waals surface area (Å²) in [6.45, 7) is 0. The first-order chi connectivity index (χ1) is 8.58. The Bertz CT molecular complexity index is 487. The molecular weight excluding hydrogens is 259 g/mol. The Kier molecular flexibility index (Phi) is 3.97. The number of Topliss-reactive ketones (excluding diaryl/α,β-unsaturated/α-hetero) is 1. The maximum Gasteiger partial charge on any atom is 0.340 e. The van der Waals surface area contributed by atoms with Crippen molar-refractivity contribution in [3.05, 3.63) is 34.6 Å². The van der Waals surface area contributed by atoms with E-state index in [2.05, 4.69) is 0 Å². The molecule has 1 atom stereocenters. The summed E-state index contributed by atoms with van der Waals surface area (Å²) in [5.41, 5.74) is 0.0800. The Hall–Kier alpha value is -1.42. The van der Waals surface area contributed by atoms with Crippen molar-refractivity contribution in [1.29, 1.82) is 0 Å². The van der Waals surface area contributed by atoms with Crippen LogP contribution in [0, 0.1) is 5.82 Å². The van der Waals surface area contributed by atoms with Gasteiger partial charge in [-0.05, 0) is 37.5 Å². The molecule has 0 amide bonds. The van der Waals surface area contributed by atoms with Gasteiger partial charge < -0.3 is 4.74 Å². The second kappa shape index (κ2) is 5.48. The van der Waals surface area contributed by atoms with E-state index < -0.39 is 17.9 Å². The van der Waals surface area contributed by atoms with Gasteiger partial charge in [0.05, 0.1) is 10.6 Å². The van der Waals surface area contributed by atoms with Gasteiger partial charge in [-0.1, -0.05) is 11.6 Å². The predicted octanol–water partition coefficient (Wildman–Crippen LogP) is 3.15. The lowest BCUT2D eigenvalue weighted by Gasteiger charge is -2.20. The van der Waals surface area contributed by atoms with Crippen LogP contribution < -0.4 is 0 Å². The van der Waals surface area contributed by atoms with Gasteiger partial charge in [0.2, 0.25) is 0 Å². The summed E-state index contributed by atoms with van der Waals surface area (Å²) in [5.74, 6) is -1.27. The molecule has 2 rings (SSSR count). The quantitative estimate of drug-likeness (QED) is 0.776. The highest BCUT2D eigenvalue weighted by Gasteiger charge is 2.26. The van der Waals surface area contributed by atoms with Crippen molar-refractivity contribution in [2.45, 2.75) is 31.8 Å². The highest BCUT2D eigenvalue weighted by Crippen LogP contribution is 2.22. The summed E-state index contributed by atoms with van der Waals surface area (Å²) < 4.78 is 18.0. The Morgan fingerprint density at radius 3 is 2.83 bits per heavy atom. The van der Waals surface area contributed by atoms with Crippen molar-refractivity contribution in [3.8, 4) is 0 Å². The van der Waals surface area contributed by atoms with Crippen LogP contribution in [0.3, 0.4) is 0 Å². The molecule has 1 aromatic carbocycles. The average molecular weight is 271 g/mol. The number of hydrogen-bond acceptors (Lipinski definition) is 3. The normalized spacial score (nSPS) is 19.7. The SMILES string of the molecule is O=C(O[C@@H]1CCCCC1=O)c1ccc(F)cc1Cl. The van der Waals surface area contributed by atoms with E-state index in [0.717, 1.165) is 25.0 Å². The fraction of sp³-hybridized carbons (Fsp3) is 0.385. The van der Waals surface area contributed by atoms with Gasteiger partial charge in [0.1, 0.15) is 5.82 Å². The van der Waals surface area contributed by atoms with Crippen LogP contribution in [-0.2, 0) is 9.53 Å². The standard InChI is InChI=1S/C13H12ClFO3/c14-10-7-8(15)5-6-9(10)13(17)18-12-4-2-1-3-11(12)16/h5-7,12H,1-4H2/t12-/m1/s1. The zero-order valence-corrected chi connectivity index (χ0v) is 10.4. The molecule has 3 nitrogen and oxygen atoms in total. The van der Waals surface area contributed by atoms with Gasteiger partial charge in [-0.25, -0.2) is 9.18 Å². The molecule has 1 fully saturated rings. The summed E-state index contributed by atoms with van der Waals surface area (Å²) in [7, 11) is 0. The van der Waals surface area contributed by atoms with Crippen LogP contribution >= 0.6 is 11.6 Å². The number of ether oxygens (including phenoxy) is 1. The van der Waals surface area contributed by atoms with E-state index in [1.165, 1.54) is 6.07 Å². The molecule has 1 aliphatic carbocycles. The monoisotopic (exact) mass is 270 g/mol. The lowest BCUT2D eigenvalue weighted by atomic mass is 9.96. The second-order valence-corrected chi connectivity index (χ2v) is 4.64. The maximum absolute atomic E-state index is 12.8. The van der Waals surface area contributed by atoms with Crippen molar-refractivity contribution >= 4 is 23.4 Å². The third-order valence-electron chi connectivity index (χ3n) is 2.90. The number of carbonyl (C=O) groups is 2. The molecule has 0 saturated heterocycles. The summed E-state index contributed by atoms with van der Waals surface area (Å²) >= 11 is 5.75. The molecule has 0 aromatic heterocycles. The number of esters is 1. The zero-order chi connectivity index (χ0) is 13.1. The summed E-state index contributed by atoms with van der Waals surface area (Å²) in [6.07, 6.45) is 2.00. The third kappa shape index (κ3) is 2.88. The van der Waals surface area contributed by atoms with Gasteiger partial charge in [0.25, 0.3) is 0 Å². The topological polar surface area (TPSA) is 43.4 Å². The fourth-order valence-corrected chi connectivity index (χ4v) is 2.17. The molecule has 1 aromatic rings. The van der Waals surface area contributed by atoms with Crippen LogP contribution in [0.2, 0.25) is 5.02 Å². The van der Waals surface area contributed by atoms with Crippen LogP contribution in [0.15, 0.2) is 18.2 Å². The summed E-state index contributed by atoms with van der Waals surface area (Å²) in [4.78, 5) is 23.3. The molecule has 0 spiro atoms. The van der Waals surface area contributed by atoms with Crippen molar-refractivity contribution in [2.24, 2.45) is 0 Å². The first-order valence-electron chi connectivity index (χ1n) is 5.76. The van der Waals surface area contributed by atoms with E-state index in [4.69, 9.17) is 16.3 Å². The predicted molar refractivity (Wildman–Crippen MR) is 64.1 cm³/mol. The minimum atomic E-state index is -0.688. The number of benzene rings is 1. The molecule has 1 saturated carbocycles. The lowest BCUT2D eigenvalue weighted by molar-refractivity contribution is -0.129. The minimum absolute atomic E-state index is 0.0109. The summed E-state index contributed by atoms with van der Waals surface area (Å²) in [5, 5.41) is -0.0109. The molecule has 96 valence electrons. The smallest absolute Gasteiger partial charge is 0.340 e. The Morgan fingerprint density at radius 2 is 2.17 bits per heavy atom. The van der Waals surface area contributed by atoms with Crippen molar-refractivity contribution in [3.63, 3.8) is 0 Å². The van der Waals surface area contributed by atoms with Gasteiger partial charge in [-0.15, -0.1) is 0 Å². The number of hydrogen-bond donors (Lipinski definition) is 0. The lowest BCUT2D eigenvalue weighted by Crippen LogP contribution is -2.30. The van der Waals surface area contributed by atoms with E-state index in [1.807, 2.05) is 0 Å². The van der Waals surface area contributed by atoms with E-state index in [-0.39, 0.29) is 16.4 Å². The molecule has 0 N–H and O–H groups in total. The molecule has 0 bridgehead atoms. The first kappa shape index (κ1) is 13.0. The number of ketones is 1. The van der Waals surface area contributed by atoms with Gasteiger partial charge in [0, 0.05) is 6.42 Å². The van der Waals surface area contributed by atoms with Crippen LogP contribution in [0.1, 0.15) is 36.0 Å². The second-order valence-electron chi connectivity index (χ2n) is 4.23. The van der Waals surface area contributed by atoms with Gasteiger partial charge >= 0.3 is 5.97 Å². The molecule has 5 heteroatoms. The Balaban J connectivity index is 2.09. The highest BCUT2D eigenvalue weighted by molar-refractivity contribution is 6.33. The van der Waals surface area contributed by atoms with Crippen molar-refractivity contribution < 1.29 is 18.7 Å². The molecule has 0 radical (unpaired) electrons. The number of halogens is 2. The average Bonchev–Trinajstić information content (AvgIpc) is 2.32. The zero-order valence-electron chi connectivity index (χ0n) is 9.62. The van der Waals surface area contributed by atoms with Crippen LogP contribution in [0.4, 0.5) is 4.39 Å². The summed E-state index contributed by atoms with van der Waals surface area (Å²) in [6, 6.07) is 3.43. The number of carbonyl (C=O) groups excluding carboxylic acids is 2. The highest BCUT2D eigenvalue weighted by atomic mass is 35.5. The Labute approximate surface area is 109 Å². The molecule has 0 unspecified atom stereocenters. The van der Waals surface area contributed by atoms with Crippen molar-refractivity contribution in [2.75, 3.05) is 0 Å². The largest absolute Gasteiger partial charge is 0.451 e. The molecule has 18 heavy (non-hydrogen) atoms. The third-order valence-corrected chi connectivity index (χ3v) is 3.21. The van der Waals surface area contributed by atoms with Crippen LogP contribution in [-0.4, -0.2) is 17.9 Å². The molecule has 0 aliphatic heterocycles. The molecular formula is C13H12ClFO3. The molecule has 0 heterocycles. The fourth-order valence-electron chi connectivity index (χ4n) is 1.92. The van der Waals surface area contributed by atoms with Crippen LogP contribution in [0.25, 0.3) is 0 Å². The van der Waals surface area contributed by atoms with Gasteiger partial charge in [-0.3, -0.25) is 4.79 Å². The van der Waals surface area contributed by atoms with E-state index in [1.54, 1.807) is 0 Å². The molecule has 1 aliphatic rings. The van der Waals surface area contributed by atoms with Gasteiger partial charge in [-0.2, -0.15) is 0 Å². The van der Waals surface area contributed by atoms with Crippen LogP contribution in [0.5, 0.6) is 0 Å². The van der Waals surface area contributed by atoms with E-state index in [9.17, 15) is 14.0 Å². The van der Waals surface area contributed by atoms with E-state index in [0.29, 0.717) is 12.8 Å². The maximum atomic E-state index is 12.8. The van der Waals surface area contributed by atoms with E-state index >= 15 is 0 Å². The Morgan fingerprint density at radius 1 is 1.39 bits per heavy atom. The number of rotatable bonds is 2.